The van der Waals surface area contributed by atoms with Gasteiger partial charge in [-0.1, -0.05) is 136 Å². The second-order valence-corrected chi connectivity index (χ2v) is 29.1. The van der Waals surface area contributed by atoms with Crippen LogP contribution < -0.4 is 20.2 Å². The lowest BCUT2D eigenvalue weighted by molar-refractivity contribution is 0.666. The van der Waals surface area contributed by atoms with Crippen molar-refractivity contribution in [3.8, 4) is 17.2 Å². The van der Waals surface area contributed by atoms with E-state index in [4.69, 9.17) is 6.57 Å². The van der Waals surface area contributed by atoms with E-state index in [2.05, 4.69) is 207 Å². The Kier molecular flexibility index (Phi) is 9.63. The average molecular weight is 823 g/mol. The zero-order chi connectivity index (χ0) is 42.8. The molecule has 61 heavy (non-hydrogen) atoms. The third-order valence-electron chi connectivity index (χ3n) is 12.6. The van der Waals surface area contributed by atoms with Gasteiger partial charge in [-0.15, -0.1) is 0 Å². The number of hydrogen-bond donors (Lipinski definition) is 0. The molecule has 0 N–H and O–H groups in total. The van der Waals surface area contributed by atoms with E-state index in [1.54, 1.807) is 0 Å². The van der Waals surface area contributed by atoms with Crippen molar-refractivity contribution in [2.24, 2.45) is 0 Å². The Morgan fingerprint density at radius 1 is 0.508 bits per heavy atom. The van der Waals surface area contributed by atoms with E-state index in [9.17, 15) is 5.26 Å². The Morgan fingerprint density at radius 3 is 1.48 bits per heavy atom. The molecule has 6 heteroatoms. The first kappa shape index (κ1) is 39.7. The van der Waals surface area contributed by atoms with Crippen LogP contribution in [0.5, 0.6) is 0 Å². The van der Waals surface area contributed by atoms with E-state index >= 15 is 0 Å². The number of fused-ring (bicyclic) bond motifs is 8. The van der Waals surface area contributed by atoms with Crippen molar-refractivity contribution in [2.45, 2.75) is 58.5 Å². The summed E-state index contributed by atoms with van der Waals surface area (Å²) in [7, 11) is -3.00. The highest BCUT2D eigenvalue weighted by Crippen LogP contribution is 2.56. The van der Waals surface area contributed by atoms with Crippen molar-refractivity contribution in [3.63, 3.8) is 0 Å². The molecular formula is C55H50N4Si2. The van der Waals surface area contributed by atoms with Gasteiger partial charge in [-0.25, -0.2) is 4.85 Å². The van der Waals surface area contributed by atoms with Gasteiger partial charge in [0, 0.05) is 39.5 Å². The minimum absolute atomic E-state index is 0.314. The molecule has 9 rings (SSSR count). The fraction of sp³-hybridized carbons (Fsp3) is 0.164. The van der Waals surface area contributed by atoms with Crippen LogP contribution in [0.3, 0.4) is 0 Å². The van der Waals surface area contributed by atoms with Crippen molar-refractivity contribution >= 4 is 87.9 Å². The molecule has 0 unspecified atom stereocenters. The van der Waals surface area contributed by atoms with Gasteiger partial charge in [-0.3, -0.25) is 0 Å². The Balaban J connectivity index is 1.22. The van der Waals surface area contributed by atoms with E-state index in [-0.39, 0.29) is 5.41 Å². The molecule has 0 aliphatic heterocycles. The van der Waals surface area contributed by atoms with Gasteiger partial charge in [-0.05, 0) is 129 Å². The van der Waals surface area contributed by atoms with Crippen LogP contribution in [0, 0.1) is 17.9 Å². The standard InChI is InChI=1S/C55H50N4Si2/c1-55(2)52-35-44(59(40-20-16-38(57-3)17-21-40)42-24-30-46(31-25-42)61(7,8)9)27-33-50(52)53-48-13-11-10-12-47(48)51-34-43(26-32-49(51)54(53)55)58(39-18-14-37(36-56)15-19-39)41-22-28-45(29-23-41)60(4,5)6/h10-35H,1-2,4-9H3. The number of benzene rings is 8. The number of nitrogens with zero attached hydrogens (tertiary/aromatic N) is 4. The first-order chi connectivity index (χ1) is 29.2. The van der Waals surface area contributed by atoms with Gasteiger partial charge in [-0.2, -0.15) is 5.26 Å². The van der Waals surface area contributed by atoms with Crippen LogP contribution in [0.2, 0.25) is 39.3 Å². The molecule has 0 saturated heterocycles. The van der Waals surface area contributed by atoms with E-state index in [1.165, 1.54) is 54.2 Å². The van der Waals surface area contributed by atoms with Crippen LogP contribution in [0.4, 0.5) is 39.8 Å². The van der Waals surface area contributed by atoms with Crippen LogP contribution in [0.25, 0.3) is 37.5 Å². The van der Waals surface area contributed by atoms with E-state index in [0.29, 0.717) is 11.3 Å². The quantitative estimate of drug-likeness (QED) is 0.0870. The predicted molar refractivity (Wildman–Crippen MR) is 265 cm³/mol. The Labute approximate surface area is 362 Å². The lowest BCUT2D eigenvalue weighted by atomic mass is 9.79. The zero-order valence-corrected chi connectivity index (χ0v) is 38.3. The summed E-state index contributed by atoms with van der Waals surface area (Å²) in [4.78, 5) is 8.33. The van der Waals surface area contributed by atoms with Crippen molar-refractivity contribution in [1.29, 1.82) is 5.26 Å². The third kappa shape index (κ3) is 6.93. The van der Waals surface area contributed by atoms with Gasteiger partial charge in [0.15, 0.2) is 5.69 Å². The summed E-state index contributed by atoms with van der Waals surface area (Å²) < 4.78 is 0. The lowest BCUT2D eigenvalue weighted by Gasteiger charge is -2.29. The van der Waals surface area contributed by atoms with Crippen molar-refractivity contribution in [1.82, 2.24) is 0 Å². The maximum atomic E-state index is 9.64. The van der Waals surface area contributed by atoms with Crippen LogP contribution in [0.15, 0.2) is 158 Å². The van der Waals surface area contributed by atoms with Crippen LogP contribution in [-0.2, 0) is 5.41 Å². The molecule has 0 amide bonds. The van der Waals surface area contributed by atoms with E-state index in [0.717, 1.165) is 34.1 Å². The van der Waals surface area contributed by atoms with Gasteiger partial charge in [0.1, 0.15) is 0 Å². The van der Waals surface area contributed by atoms with Crippen molar-refractivity contribution in [3.05, 3.63) is 186 Å². The fourth-order valence-electron chi connectivity index (χ4n) is 9.26. The first-order valence-corrected chi connectivity index (χ1v) is 28.1. The minimum atomic E-state index is -1.50. The minimum Gasteiger partial charge on any atom is -0.311 e. The summed E-state index contributed by atoms with van der Waals surface area (Å²) in [5.41, 5.74) is 12.5. The number of nitriles is 1. The largest absolute Gasteiger partial charge is 0.311 e. The summed E-state index contributed by atoms with van der Waals surface area (Å²) in [5.74, 6) is 0. The van der Waals surface area contributed by atoms with Crippen molar-refractivity contribution in [2.75, 3.05) is 9.80 Å². The molecule has 298 valence electrons. The van der Waals surface area contributed by atoms with Crippen LogP contribution in [0.1, 0.15) is 30.5 Å². The van der Waals surface area contributed by atoms with Gasteiger partial charge in [0.25, 0.3) is 0 Å². The van der Waals surface area contributed by atoms with Crippen LogP contribution in [-0.4, -0.2) is 16.1 Å². The molecule has 0 heterocycles. The average Bonchev–Trinajstić information content (AvgIpc) is 3.50. The molecule has 1 aliphatic carbocycles. The molecule has 0 fully saturated rings. The molecule has 0 bridgehead atoms. The van der Waals surface area contributed by atoms with Crippen molar-refractivity contribution < 1.29 is 0 Å². The molecular weight excluding hydrogens is 773 g/mol. The molecule has 0 radical (unpaired) electrons. The van der Waals surface area contributed by atoms with E-state index < -0.39 is 16.1 Å². The normalized spacial score (nSPS) is 13.0. The predicted octanol–water partition coefficient (Wildman–Crippen LogP) is 14.8. The Hall–Kier alpha value is -6.71. The summed E-state index contributed by atoms with van der Waals surface area (Å²) >= 11 is 0. The van der Waals surface area contributed by atoms with Crippen LogP contribution >= 0.6 is 0 Å². The third-order valence-corrected chi connectivity index (χ3v) is 16.7. The summed E-state index contributed by atoms with van der Waals surface area (Å²) in [6, 6.07) is 59.2. The summed E-state index contributed by atoms with van der Waals surface area (Å²) in [5, 5.41) is 17.4. The summed E-state index contributed by atoms with van der Waals surface area (Å²) in [6.45, 7) is 26.7. The van der Waals surface area contributed by atoms with Gasteiger partial charge < -0.3 is 9.80 Å². The molecule has 0 saturated carbocycles. The highest BCUT2D eigenvalue weighted by Gasteiger charge is 2.39. The monoisotopic (exact) mass is 822 g/mol. The highest BCUT2D eigenvalue weighted by molar-refractivity contribution is 6.89. The maximum absolute atomic E-state index is 9.64. The molecule has 8 aromatic rings. The fourth-order valence-corrected chi connectivity index (χ4v) is 11.6. The first-order valence-electron chi connectivity index (χ1n) is 21.1. The Bertz CT molecular complexity index is 3070. The molecule has 0 atom stereocenters. The highest BCUT2D eigenvalue weighted by atomic mass is 28.3. The lowest BCUT2D eigenvalue weighted by Crippen LogP contribution is -2.37. The SMILES string of the molecule is [C-]#[N+]c1ccc(N(c2ccc([Si](C)(C)C)cc2)c2ccc3c(c2)C(C)(C)c2c-3c3ccccc3c3cc(N(c4ccc(C#N)cc4)c4ccc([Si](C)(C)C)cc4)ccc23)cc1. The van der Waals surface area contributed by atoms with Gasteiger partial charge in [0.2, 0.25) is 0 Å². The Morgan fingerprint density at radius 2 is 0.967 bits per heavy atom. The number of anilines is 6. The zero-order valence-electron chi connectivity index (χ0n) is 36.3. The smallest absolute Gasteiger partial charge is 0.187 e. The second-order valence-electron chi connectivity index (χ2n) is 18.9. The molecule has 1 aliphatic rings. The van der Waals surface area contributed by atoms with Gasteiger partial charge in [0.05, 0.1) is 34.4 Å². The second kappa shape index (κ2) is 14.8. The number of hydrogen-bond acceptors (Lipinski definition) is 3. The number of rotatable bonds is 8. The van der Waals surface area contributed by atoms with Gasteiger partial charge >= 0.3 is 0 Å². The van der Waals surface area contributed by atoms with E-state index in [1.807, 2.05) is 24.3 Å². The molecule has 4 nitrogen and oxygen atoms in total. The summed E-state index contributed by atoms with van der Waals surface area (Å²) in [6.07, 6.45) is 0. The molecule has 8 aromatic carbocycles. The topological polar surface area (TPSA) is 34.6 Å². The molecule has 0 spiro atoms. The molecule has 0 aromatic heterocycles. The maximum Gasteiger partial charge on any atom is 0.187 e.